The van der Waals surface area contributed by atoms with Gasteiger partial charge < -0.3 is 19.5 Å². The molecule has 19 heavy (non-hydrogen) atoms. The second-order valence-corrected chi connectivity index (χ2v) is 4.36. The van der Waals surface area contributed by atoms with E-state index in [1.165, 1.54) is 12.3 Å². The number of nitrogens with one attached hydrogen (secondary N) is 2. The van der Waals surface area contributed by atoms with Crippen LogP contribution in [-0.4, -0.2) is 23.5 Å². The fraction of sp³-hybridized carbons (Fsp3) is 0.167. The van der Waals surface area contributed by atoms with Crippen molar-refractivity contribution in [3.8, 4) is 0 Å². The van der Waals surface area contributed by atoms with Gasteiger partial charge in [0.05, 0.1) is 12.3 Å². The molecule has 0 spiro atoms. The van der Waals surface area contributed by atoms with Crippen LogP contribution in [-0.2, 0) is 4.74 Å². The topological polar surface area (TPSA) is 84.3 Å². The van der Waals surface area contributed by atoms with E-state index in [-0.39, 0.29) is 11.5 Å². The van der Waals surface area contributed by atoms with Gasteiger partial charge in [-0.1, -0.05) is 0 Å². The minimum absolute atomic E-state index is 0.172. The summed E-state index contributed by atoms with van der Waals surface area (Å²) in [5.74, 6) is -0.699. The summed E-state index contributed by atoms with van der Waals surface area (Å²) >= 11 is 3.11. The van der Waals surface area contributed by atoms with Crippen LogP contribution >= 0.6 is 15.9 Å². The Morgan fingerprint density at radius 2 is 2.26 bits per heavy atom. The van der Waals surface area contributed by atoms with Crippen molar-refractivity contribution in [2.45, 2.75) is 6.92 Å². The fourth-order valence-electron chi connectivity index (χ4n) is 1.42. The van der Waals surface area contributed by atoms with Crippen molar-refractivity contribution in [3.05, 3.63) is 40.5 Å². The predicted molar refractivity (Wildman–Crippen MR) is 71.1 cm³/mol. The molecular formula is C12H11BrN2O4. The summed E-state index contributed by atoms with van der Waals surface area (Å²) in [6, 6.07) is 4.66. The quantitative estimate of drug-likeness (QED) is 0.846. The maximum absolute atomic E-state index is 11.8. The molecule has 0 radical (unpaired) electrons. The Morgan fingerprint density at radius 3 is 2.89 bits per heavy atom. The molecule has 0 aliphatic rings. The molecule has 2 aromatic rings. The molecule has 0 unspecified atom stereocenters. The third kappa shape index (κ3) is 3.25. The number of furan rings is 1. The van der Waals surface area contributed by atoms with Gasteiger partial charge in [0.15, 0.2) is 10.4 Å². The van der Waals surface area contributed by atoms with Crippen LogP contribution in [0.5, 0.6) is 0 Å². The molecule has 0 saturated heterocycles. The van der Waals surface area contributed by atoms with Crippen molar-refractivity contribution in [2.75, 3.05) is 11.9 Å². The Labute approximate surface area is 117 Å². The minimum atomic E-state index is -0.469. The van der Waals surface area contributed by atoms with Crippen LogP contribution in [0.15, 0.2) is 33.5 Å². The third-order valence-corrected chi connectivity index (χ3v) is 2.66. The van der Waals surface area contributed by atoms with Crippen molar-refractivity contribution >= 4 is 33.5 Å². The lowest BCUT2D eigenvalue weighted by Crippen LogP contribution is -2.10. The molecule has 0 saturated carbocycles. The largest absolute Gasteiger partial charge is 0.461 e. The Kier molecular flexibility index (Phi) is 4.06. The summed E-state index contributed by atoms with van der Waals surface area (Å²) in [7, 11) is 0. The number of hydrogen-bond donors (Lipinski definition) is 2. The number of halogens is 1. The summed E-state index contributed by atoms with van der Waals surface area (Å²) in [4.78, 5) is 25.9. The van der Waals surface area contributed by atoms with Gasteiger partial charge in [0.25, 0.3) is 5.91 Å². The normalized spacial score (nSPS) is 10.2. The highest BCUT2D eigenvalue weighted by atomic mass is 79.9. The number of aromatic amines is 1. The number of esters is 1. The number of amides is 1. The highest BCUT2D eigenvalue weighted by Crippen LogP contribution is 2.16. The lowest BCUT2D eigenvalue weighted by atomic mass is 10.4. The molecular weight excluding hydrogens is 316 g/mol. The highest BCUT2D eigenvalue weighted by molar-refractivity contribution is 9.10. The number of ether oxygens (including phenoxy) is 1. The van der Waals surface area contributed by atoms with E-state index in [2.05, 4.69) is 26.2 Å². The summed E-state index contributed by atoms with van der Waals surface area (Å²) in [5.41, 5.74) is 0.735. The number of carbonyl (C=O) groups excluding carboxylic acids is 2. The van der Waals surface area contributed by atoms with Gasteiger partial charge in [-0.05, 0) is 41.1 Å². The second kappa shape index (κ2) is 5.75. The first-order valence-electron chi connectivity index (χ1n) is 5.52. The van der Waals surface area contributed by atoms with Crippen molar-refractivity contribution in [3.63, 3.8) is 0 Å². The number of aromatic nitrogens is 1. The van der Waals surface area contributed by atoms with Crippen LogP contribution in [0.25, 0.3) is 0 Å². The standard InChI is InChI=1S/C12H11BrN2O4/c1-2-18-12(17)8-5-7(6-14-8)15-11(16)9-3-4-10(13)19-9/h3-6,14H,2H2,1H3,(H,15,16). The maximum atomic E-state index is 11.8. The average molecular weight is 327 g/mol. The Hall–Kier alpha value is -2.02. The Balaban J connectivity index is 2.04. The summed E-state index contributed by atoms with van der Waals surface area (Å²) in [6.45, 7) is 2.01. The molecule has 0 fully saturated rings. The smallest absolute Gasteiger partial charge is 0.354 e. The fourth-order valence-corrected chi connectivity index (χ4v) is 1.73. The van der Waals surface area contributed by atoms with Gasteiger partial charge in [-0.2, -0.15) is 0 Å². The molecule has 0 aliphatic heterocycles. The molecule has 1 amide bonds. The zero-order valence-corrected chi connectivity index (χ0v) is 11.6. The number of H-pyrrole nitrogens is 1. The first-order chi connectivity index (χ1) is 9.10. The Bertz CT molecular complexity index is 602. The van der Waals surface area contributed by atoms with Crippen molar-refractivity contribution in [1.29, 1.82) is 0 Å². The second-order valence-electron chi connectivity index (χ2n) is 3.58. The molecule has 6 nitrogen and oxygen atoms in total. The third-order valence-electron chi connectivity index (χ3n) is 2.23. The van der Waals surface area contributed by atoms with E-state index in [0.717, 1.165) is 0 Å². The van der Waals surface area contributed by atoms with Gasteiger partial charge in [-0.15, -0.1) is 0 Å². The molecule has 0 atom stereocenters. The van der Waals surface area contributed by atoms with E-state index in [9.17, 15) is 9.59 Å². The van der Waals surface area contributed by atoms with E-state index in [4.69, 9.17) is 9.15 Å². The van der Waals surface area contributed by atoms with Crippen LogP contribution in [0.4, 0.5) is 5.69 Å². The van der Waals surface area contributed by atoms with E-state index in [0.29, 0.717) is 17.0 Å². The zero-order valence-electron chi connectivity index (χ0n) is 10.0. The van der Waals surface area contributed by atoms with Gasteiger partial charge in [-0.25, -0.2) is 4.79 Å². The van der Waals surface area contributed by atoms with Gasteiger partial charge in [0, 0.05) is 6.20 Å². The minimum Gasteiger partial charge on any atom is -0.461 e. The van der Waals surface area contributed by atoms with Gasteiger partial charge >= 0.3 is 5.97 Å². The molecule has 2 aromatic heterocycles. The van der Waals surface area contributed by atoms with Crippen LogP contribution in [0.3, 0.4) is 0 Å². The van der Waals surface area contributed by atoms with Crippen molar-refractivity contribution < 1.29 is 18.7 Å². The first kappa shape index (κ1) is 13.4. The molecule has 0 bridgehead atoms. The molecule has 7 heteroatoms. The number of rotatable bonds is 4. The van der Waals surface area contributed by atoms with E-state index >= 15 is 0 Å². The lowest BCUT2D eigenvalue weighted by molar-refractivity contribution is 0.0520. The zero-order chi connectivity index (χ0) is 13.8. The van der Waals surface area contributed by atoms with Crippen molar-refractivity contribution in [1.82, 2.24) is 4.98 Å². The molecule has 0 aliphatic carbocycles. The average Bonchev–Trinajstić information content (AvgIpc) is 2.98. The molecule has 2 N–H and O–H groups in total. The first-order valence-corrected chi connectivity index (χ1v) is 6.31. The molecule has 2 heterocycles. The van der Waals surface area contributed by atoms with Crippen LogP contribution in [0.2, 0.25) is 0 Å². The lowest BCUT2D eigenvalue weighted by Gasteiger charge is -1.99. The summed E-state index contributed by atoms with van der Waals surface area (Å²) in [6.07, 6.45) is 1.50. The summed E-state index contributed by atoms with van der Waals surface area (Å²) in [5, 5.41) is 2.60. The number of carbonyl (C=O) groups is 2. The van der Waals surface area contributed by atoms with E-state index < -0.39 is 11.9 Å². The number of hydrogen-bond acceptors (Lipinski definition) is 4. The monoisotopic (exact) mass is 326 g/mol. The van der Waals surface area contributed by atoms with Crippen LogP contribution in [0.1, 0.15) is 28.0 Å². The van der Waals surface area contributed by atoms with E-state index in [1.54, 1.807) is 19.1 Å². The van der Waals surface area contributed by atoms with Gasteiger partial charge in [0.1, 0.15) is 5.69 Å². The van der Waals surface area contributed by atoms with Gasteiger partial charge in [0.2, 0.25) is 0 Å². The number of anilines is 1. The maximum Gasteiger partial charge on any atom is 0.354 e. The van der Waals surface area contributed by atoms with E-state index in [1.807, 2.05) is 0 Å². The van der Waals surface area contributed by atoms with Gasteiger partial charge in [-0.3, -0.25) is 4.79 Å². The molecule has 100 valence electrons. The summed E-state index contributed by atoms with van der Waals surface area (Å²) < 4.78 is 10.4. The van der Waals surface area contributed by atoms with Crippen LogP contribution in [0, 0.1) is 0 Å². The molecule has 0 aromatic carbocycles. The SMILES string of the molecule is CCOC(=O)c1cc(NC(=O)c2ccc(Br)o2)c[nH]1. The van der Waals surface area contributed by atoms with Crippen molar-refractivity contribution in [2.24, 2.45) is 0 Å². The predicted octanol–water partition coefficient (Wildman–Crippen LogP) is 2.80. The Morgan fingerprint density at radius 1 is 1.47 bits per heavy atom. The highest BCUT2D eigenvalue weighted by Gasteiger charge is 2.14. The van der Waals surface area contributed by atoms with Crippen LogP contribution < -0.4 is 5.32 Å². The molecule has 2 rings (SSSR count).